The van der Waals surface area contributed by atoms with Crippen LogP contribution in [0.4, 0.5) is 23.1 Å². The first-order chi connectivity index (χ1) is 11.2. The van der Waals surface area contributed by atoms with Gasteiger partial charge in [0.2, 0.25) is 0 Å². The molecule has 1 aliphatic heterocycles. The number of thiazole rings is 1. The molecule has 1 aromatic carbocycles. The zero-order valence-corrected chi connectivity index (χ0v) is 14.2. The van der Waals surface area contributed by atoms with E-state index in [1.54, 1.807) is 13.8 Å². The topological polar surface area (TPSA) is 45.2 Å². The quantitative estimate of drug-likeness (QED) is 0.801. The van der Waals surface area contributed by atoms with Crippen LogP contribution in [0.25, 0.3) is 10.2 Å². The molecule has 1 aromatic heterocycles. The third-order valence-corrected chi connectivity index (χ3v) is 5.37. The van der Waals surface area contributed by atoms with Crippen LogP contribution < -0.4 is 5.32 Å². The van der Waals surface area contributed by atoms with E-state index in [1.807, 2.05) is 24.3 Å². The van der Waals surface area contributed by atoms with E-state index in [-0.39, 0.29) is 19.5 Å². The number of carbonyl (C=O) groups excluding carboxylic acids is 1. The second-order valence-electron chi connectivity index (χ2n) is 6.71. The predicted molar refractivity (Wildman–Crippen MR) is 88.2 cm³/mol. The van der Waals surface area contributed by atoms with Crippen molar-refractivity contribution in [3.63, 3.8) is 0 Å². The molecule has 2 heterocycles. The van der Waals surface area contributed by atoms with E-state index in [2.05, 4.69) is 10.3 Å². The van der Waals surface area contributed by atoms with E-state index < -0.39 is 23.5 Å². The standard InChI is InChI=1S/C16H18F3N3OS/c1-15(2)9-22(8-7-12(15)16(17,18)19)14(23)21-13-20-10-5-3-4-6-11(10)24-13/h3-6,12H,7-9H2,1-2H3,(H,20,21,23)/t12-/m1/s1. The van der Waals surface area contributed by atoms with Crippen LogP contribution in [0.2, 0.25) is 0 Å². The highest BCUT2D eigenvalue weighted by Crippen LogP contribution is 2.45. The van der Waals surface area contributed by atoms with Gasteiger partial charge in [0.25, 0.3) is 0 Å². The third-order valence-electron chi connectivity index (χ3n) is 4.42. The molecule has 0 saturated carbocycles. The van der Waals surface area contributed by atoms with Crippen molar-refractivity contribution < 1.29 is 18.0 Å². The number of carbonyl (C=O) groups is 1. The summed E-state index contributed by atoms with van der Waals surface area (Å²) in [6.07, 6.45) is -4.32. The summed E-state index contributed by atoms with van der Waals surface area (Å²) in [6, 6.07) is 7.09. The van der Waals surface area contributed by atoms with E-state index in [1.165, 1.54) is 16.2 Å². The molecule has 0 bridgehead atoms. The molecule has 4 nitrogen and oxygen atoms in total. The Bertz CT molecular complexity index is 723. The monoisotopic (exact) mass is 357 g/mol. The van der Waals surface area contributed by atoms with Gasteiger partial charge in [0.05, 0.1) is 16.1 Å². The summed E-state index contributed by atoms with van der Waals surface area (Å²) in [6.45, 7) is 3.27. The SMILES string of the molecule is CC1(C)CN(C(=O)Nc2nc3ccccc3s2)CC[C@H]1C(F)(F)F. The first-order valence-electron chi connectivity index (χ1n) is 7.65. The fourth-order valence-corrected chi connectivity index (χ4v) is 4.09. The number of aromatic nitrogens is 1. The second-order valence-corrected chi connectivity index (χ2v) is 7.74. The van der Waals surface area contributed by atoms with Crippen molar-refractivity contribution in [1.82, 2.24) is 9.88 Å². The van der Waals surface area contributed by atoms with Gasteiger partial charge in [-0.05, 0) is 24.0 Å². The lowest BCUT2D eigenvalue weighted by Gasteiger charge is -2.44. The maximum absolute atomic E-state index is 13.1. The molecule has 3 rings (SSSR count). The number of urea groups is 1. The van der Waals surface area contributed by atoms with Crippen LogP contribution >= 0.6 is 11.3 Å². The molecule has 130 valence electrons. The molecule has 2 aromatic rings. The number of anilines is 1. The molecule has 0 radical (unpaired) electrons. The third kappa shape index (κ3) is 3.33. The lowest BCUT2D eigenvalue weighted by Crippen LogP contribution is -2.53. The van der Waals surface area contributed by atoms with Crippen molar-refractivity contribution in [2.45, 2.75) is 26.4 Å². The fraction of sp³-hybridized carbons (Fsp3) is 0.500. The Morgan fingerprint density at radius 2 is 2.08 bits per heavy atom. The van der Waals surface area contributed by atoms with Gasteiger partial charge in [-0.25, -0.2) is 9.78 Å². The first-order valence-corrected chi connectivity index (χ1v) is 8.47. The van der Waals surface area contributed by atoms with Crippen LogP contribution in [0.5, 0.6) is 0 Å². The molecular formula is C16H18F3N3OS. The summed E-state index contributed by atoms with van der Waals surface area (Å²) in [5.41, 5.74) is -0.226. The number of fused-ring (bicyclic) bond motifs is 1. The number of rotatable bonds is 1. The molecule has 0 aliphatic carbocycles. The highest BCUT2D eigenvalue weighted by atomic mass is 32.1. The Morgan fingerprint density at radius 1 is 1.38 bits per heavy atom. The van der Waals surface area contributed by atoms with Gasteiger partial charge in [-0.3, -0.25) is 5.32 Å². The summed E-state index contributed by atoms with van der Waals surface area (Å²) in [7, 11) is 0. The van der Waals surface area contributed by atoms with E-state index in [0.717, 1.165) is 10.2 Å². The Kier molecular flexibility index (Phi) is 4.19. The summed E-state index contributed by atoms with van der Waals surface area (Å²) < 4.78 is 40.3. The van der Waals surface area contributed by atoms with Crippen molar-refractivity contribution in [2.75, 3.05) is 18.4 Å². The van der Waals surface area contributed by atoms with Crippen LogP contribution in [0.15, 0.2) is 24.3 Å². The minimum atomic E-state index is -4.24. The van der Waals surface area contributed by atoms with Gasteiger partial charge < -0.3 is 4.90 Å². The Labute approximate surface area is 141 Å². The van der Waals surface area contributed by atoms with Crippen molar-refractivity contribution in [3.8, 4) is 0 Å². The lowest BCUT2D eigenvalue weighted by atomic mass is 9.73. The minimum absolute atomic E-state index is 0.0634. The van der Waals surface area contributed by atoms with Crippen LogP contribution in [-0.2, 0) is 0 Å². The van der Waals surface area contributed by atoms with Gasteiger partial charge in [-0.15, -0.1) is 0 Å². The summed E-state index contributed by atoms with van der Waals surface area (Å²) in [4.78, 5) is 18.1. The number of alkyl halides is 3. The molecule has 0 unspecified atom stereocenters. The summed E-state index contributed by atoms with van der Waals surface area (Å²) >= 11 is 1.34. The van der Waals surface area contributed by atoms with Crippen molar-refractivity contribution in [3.05, 3.63) is 24.3 Å². The average molecular weight is 357 g/mol. The number of nitrogens with zero attached hydrogens (tertiary/aromatic N) is 2. The number of para-hydroxylation sites is 1. The fourth-order valence-electron chi connectivity index (χ4n) is 3.23. The van der Waals surface area contributed by atoms with Crippen LogP contribution in [0.3, 0.4) is 0 Å². The Morgan fingerprint density at radius 3 is 2.71 bits per heavy atom. The number of benzene rings is 1. The predicted octanol–water partition coefficient (Wildman–Crippen LogP) is 4.74. The number of piperidine rings is 1. The van der Waals surface area contributed by atoms with Crippen molar-refractivity contribution in [1.29, 1.82) is 0 Å². The minimum Gasteiger partial charge on any atom is -0.324 e. The zero-order chi connectivity index (χ0) is 17.5. The molecule has 1 fully saturated rings. The number of hydrogen-bond donors (Lipinski definition) is 1. The molecule has 8 heteroatoms. The Hall–Kier alpha value is -1.83. The van der Waals surface area contributed by atoms with Crippen molar-refractivity contribution >= 4 is 32.7 Å². The highest BCUT2D eigenvalue weighted by Gasteiger charge is 2.51. The van der Waals surface area contributed by atoms with Crippen molar-refractivity contribution in [2.24, 2.45) is 11.3 Å². The zero-order valence-electron chi connectivity index (χ0n) is 13.4. The maximum atomic E-state index is 13.1. The van der Waals surface area contributed by atoms with Crippen LogP contribution in [0, 0.1) is 11.3 Å². The molecular weight excluding hydrogens is 339 g/mol. The molecule has 2 amide bonds. The molecule has 1 aliphatic rings. The molecule has 1 saturated heterocycles. The summed E-state index contributed by atoms with van der Waals surface area (Å²) in [5.74, 6) is -1.39. The molecule has 24 heavy (non-hydrogen) atoms. The first kappa shape index (κ1) is 17.0. The largest absolute Gasteiger partial charge is 0.392 e. The maximum Gasteiger partial charge on any atom is 0.392 e. The van der Waals surface area contributed by atoms with E-state index in [9.17, 15) is 18.0 Å². The molecule has 1 N–H and O–H groups in total. The molecule has 0 spiro atoms. The normalized spacial score (nSPS) is 21.0. The number of likely N-dealkylation sites (tertiary alicyclic amines) is 1. The van der Waals surface area contributed by atoms with Gasteiger partial charge >= 0.3 is 12.2 Å². The summed E-state index contributed by atoms with van der Waals surface area (Å²) in [5, 5.41) is 3.16. The Balaban J connectivity index is 1.70. The van der Waals surface area contributed by atoms with Crippen LogP contribution in [-0.4, -0.2) is 35.2 Å². The van der Waals surface area contributed by atoms with Gasteiger partial charge in [0, 0.05) is 13.1 Å². The average Bonchev–Trinajstić information content (AvgIpc) is 2.86. The van der Waals surface area contributed by atoms with E-state index in [0.29, 0.717) is 5.13 Å². The lowest BCUT2D eigenvalue weighted by molar-refractivity contribution is -0.214. The number of nitrogens with one attached hydrogen (secondary N) is 1. The number of hydrogen-bond acceptors (Lipinski definition) is 3. The molecule has 1 atom stereocenters. The van der Waals surface area contributed by atoms with E-state index >= 15 is 0 Å². The van der Waals surface area contributed by atoms with Gasteiger partial charge in [0.15, 0.2) is 5.13 Å². The second kappa shape index (κ2) is 5.91. The van der Waals surface area contributed by atoms with Gasteiger partial charge in [-0.1, -0.05) is 37.3 Å². The van der Waals surface area contributed by atoms with Gasteiger partial charge in [-0.2, -0.15) is 13.2 Å². The number of amides is 2. The highest BCUT2D eigenvalue weighted by molar-refractivity contribution is 7.22. The van der Waals surface area contributed by atoms with Crippen LogP contribution in [0.1, 0.15) is 20.3 Å². The smallest absolute Gasteiger partial charge is 0.324 e. The van der Waals surface area contributed by atoms with E-state index in [4.69, 9.17) is 0 Å². The number of halogens is 3. The van der Waals surface area contributed by atoms with Gasteiger partial charge in [0.1, 0.15) is 0 Å².